The maximum atomic E-state index is 13.7. The van der Waals surface area contributed by atoms with Crippen molar-refractivity contribution >= 4 is 17.7 Å². The number of benzene rings is 1. The SMILES string of the molecule is Cn1nc2c(c1C(=O)NCC(O)(c1cccc(C(F)(F)F)c1)C(F)(F)F)CSCC2. The van der Waals surface area contributed by atoms with Gasteiger partial charge in [-0.05, 0) is 23.4 Å². The topological polar surface area (TPSA) is 67.2 Å². The summed E-state index contributed by atoms with van der Waals surface area (Å²) >= 11 is 1.54. The van der Waals surface area contributed by atoms with Gasteiger partial charge in [0.05, 0.1) is 17.8 Å². The number of aryl methyl sites for hydroxylation is 2. The van der Waals surface area contributed by atoms with Crippen molar-refractivity contribution in [3.8, 4) is 0 Å². The van der Waals surface area contributed by atoms with Crippen LogP contribution >= 0.6 is 11.8 Å². The number of aromatic nitrogens is 2. The van der Waals surface area contributed by atoms with Crippen LogP contribution in [0.1, 0.15) is 32.9 Å². The van der Waals surface area contributed by atoms with Gasteiger partial charge in [0.15, 0.2) is 0 Å². The number of fused-ring (bicyclic) bond motifs is 1. The van der Waals surface area contributed by atoms with E-state index >= 15 is 0 Å². The van der Waals surface area contributed by atoms with Gasteiger partial charge < -0.3 is 10.4 Å². The molecule has 1 aromatic carbocycles. The molecule has 2 heterocycles. The number of hydrogen-bond donors (Lipinski definition) is 2. The highest BCUT2D eigenvalue weighted by atomic mass is 32.2. The quantitative estimate of drug-likeness (QED) is 0.697. The first-order chi connectivity index (χ1) is 13.8. The molecule has 30 heavy (non-hydrogen) atoms. The van der Waals surface area contributed by atoms with Crippen LogP contribution in [0.4, 0.5) is 26.3 Å². The average molecular weight is 453 g/mol. The number of carbonyl (C=O) groups excluding carboxylic acids is 1. The standard InChI is InChI=1S/C18H17F6N3O2S/c1-27-14(12-8-30-6-5-13(12)26-27)15(28)25-9-16(29,18(22,23)24)10-3-2-4-11(7-10)17(19,20)21/h2-4,7,29H,5-6,8-9H2,1H3,(H,25,28). The molecule has 1 aliphatic rings. The molecule has 5 nitrogen and oxygen atoms in total. The van der Waals surface area contributed by atoms with E-state index in [9.17, 15) is 36.2 Å². The van der Waals surface area contributed by atoms with Gasteiger partial charge in [-0.1, -0.05) is 12.1 Å². The maximum absolute atomic E-state index is 13.7. The third kappa shape index (κ3) is 4.15. The van der Waals surface area contributed by atoms with Crippen molar-refractivity contribution in [3.63, 3.8) is 0 Å². The molecule has 1 unspecified atom stereocenters. The summed E-state index contributed by atoms with van der Waals surface area (Å²) in [4.78, 5) is 12.6. The Bertz CT molecular complexity index is 956. The lowest BCUT2D eigenvalue weighted by molar-refractivity contribution is -0.263. The van der Waals surface area contributed by atoms with Gasteiger partial charge in [-0.25, -0.2) is 0 Å². The molecular formula is C18H17F6N3O2S. The molecule has 0 saturated carbocycles. The Morgan fingerprint density at radius 3 is 2.53 bits per heavy atom. The Hall–Kier alpha value is -2.21. The number of aliphatic hydroxyl groups is 1. The molecule has 2 aromatic rings. The van der Waals surface area contributed by atoms with Gasteiger partial charge in [-0.2, -0.15) is 43.2 Å². The van der Waals surface area contributed by atoms with Gasteiger partial charge in [0, 0.05) is 24.8 Å². The largest absolute Gasteiger partial charge is 0.423 e. The second kappa shape index (κ2) is 7.80. The van der Waals surface area contributed by atoms with E-state index in [1.165, 1.54) is 11.7 Å². The second-order valence-electron chi connectivity index (χ2n) is 6.82. The third-order valence-corrected chi connectivity index (χ3v) is 5.80. The molecule has 0 aliphatic carbocycles. The molecule has 1 aliphatic heterocycles. The van der Waals surface area contributed by atoms with Crippen molar-refractivity contribution in [2.75, 3.05) is 12.3 Å². The molecule has 164 valence electrons. The molecule has 1 atom stereocenters. The molecule has 2 N–H and O–H groups in total. The number of carbonyl (C=O) groups is 1. The summed E-state index contributed by atoms with van der Waals surface area (Å²) in [5.74, 6) is 0.362. The van der Waals surface area contributed by atoms with Crippen molar-refractivity contribution in [2.45, 2.75) is 30.1 Å². The Balaban J connectivity index is 1.90. The van der Waals surface area contributed by atoms with E-state index in [0.29, 0.717) is 29.5 Å². The highest BCUT2D eigenvalue weighted by Gasteiger charge is 2.55. The van der Waals surface area contributed by atoms with Gasteiger partial charge in [-0.15, -0.1) is 0 Å². The summed E-state index contributed by atoms with van der Waals surface area (Å²) in [5.41, 5.74) is -4.74. The predicted octanol–water partition coefficient (Wildman–Crippen LogP) is 3.41. The smallest absolute Gasteiger partial charge is 0.375 e. The van der Waals surface area contributed by atoms with Crippen LogP contribution < -0.4 is 5.32 Å². The molecule has 0 saturated heterocycles. The minimum atomic E-state index is -5.34. The monoisotopic (exact) mass is 453 g/mol. The first-order valence-corrected chi connectivity index (χ1v) is 9.87. The molecule has 1 aromatic heterocycles. The lowest BCUT2D eigenvalue weighted by atomic mass is 9.91. The Morgan fingerprint density at radius 1 is 1.23 bits per heavy atom. The van der Waals surface area contributed by atoms with Crippen LogP contribution in [0.15, 0.2) is 24.3 Å². The van der Waals surface area contributed by atoms with Gasteiger partial charge >= 0.3 is 12.4 Å². The predicted molar refractivity (Wildman–Crippen MR) is 96.8 cm³/mol. The number of nitrogens with one attached hydrogen (secondary N) is 1. The van der Waals surface area contributed by atoms with Crippen LogP contribution in [0, 0.1) is 0 Å². The number of thioether (sulfide) groups is 1. The summed E-state index contributed by atoms with van der Waals surface area (Å²) in [7, 11) is 1.47. The summed E-state index contributed by atoms with van der Waals surface area (Å²) in [6.07, 6.45) is -9.62. The molecule has 0 spiro atoms. The van der Waals surface area contributed by atoms with E-state index in [2.05, 4.69) is 5.10 Å². The number of amides is 1. The van der Waals surface area contributed by atoms with Gasteiger partial charge in [0.1, 0.15) is 5.69 Å². The first kappa shape index (κ1) is 22.5. The lowest BCUT2D eigenvalue weighted by Crippen LogP contribution is -2.51. The average Bonchev–Trinajstić information content (AvgIpc) is 3.00. The molecule has 0 fully saturated rings. The van der Waals surface area contributed by atoms with Gasteiger partial charge in [0.25, 0.3) is 5.91 Å². The number of rotatable bonds is 4. The highest BCUT2D eigenvalue weighted by Crippen LogP contribution is 2.40. The fourth-order valence-electron chi connectivity index (χ4n) is 3.21. The third-order valence-electron chi connectivity index (χ3n) is 4.81. The van der Waals surface area contributed by atoms with Crippen LogP contribution in [0.3, 0.4) is 0 Å². The minimum Gasteiger partial charge on any atom is -0.375 e. The first-order valence-electron chi connectivity index (χ1n) is 8.72. The zero-order chi connectivity index (χ0) is 22.3. The zero-order valence-electron chi connectivity index (χ0n) is 15.6. The molecule has 1 amide bonds. The van der Waals surface area contributed by atoms with Crippen molar-refractivity contribution < 1.29 is 36.2 Å². The Labute approximate surface area is 171 Å². The molecular weight excluding hydrogens is 436 g/mol. The minimum absolute atomic E-state index is 0.0609. The number of hydrogen-bond acceptors (Lipinski definition) is 4. The Morgan fingerprint density at radius 2 is 1.90 bits per heavy atom. The van der Waals surface area contributed by atoms with E-state index in [4.69, 9.17) is 0 Å². The zero-order valence-corrected chi connectivity index (χ0v) is 16.4. The van der Waals surface area contributed by atoms with Crippen LogP contribution in [-0.2, 0) is 31.0 Å². The Kier molecular flexibility index (Phi) is 5.84. The molecule has 0 radical (unpaired) electrons. The van der Waals surface area contributed by atoms with E-state index < -0.39 is 41.5 Å². The fraction of sp³-hybridized carbons (Fsp3) is 0.444. The normalized spacial score (nSPS) is 16.7. The van der Waals surface area contributed by atoms with Crippen LogP contribution in [-0.4, -0.2) is 39.3 Å². The van der Waals surface area contributed by atoms with E-state index in [-0.39, 0.29) is 11.8 Å². The van der Waals surface area contributed by atoms with Crippen LogP contribution in [0.2, 0.25) is 0 Å². The summed E-state index contributed by atoms with van der Waals surface area (Å²) < 4.78 is 81.0. The molecule has 12 heteroatoms. The van der Waals surface area contributed by atoms with Gasteiger partial charge in [-0.3, -0.25) is 9.48 Å². The fourth-order valence-corrected chi connectivity index (χ4v) is 4.20. The number of alkyl halides is 6. The maximum Gasteiger partial charge on any atom is 0.423 e. The van der Waals surface area contributed by atoms with Crippen molar-refractivity contribution in [2.24, 2.45) is 7.05 Å². The van der Waals surface area contributed by atoms with E-state index in [1.54, 1.807) is 11.8 Å². The van der Waals surface area contributed by atoms with Crippen LogP contribution in [0.5, 0.6) is 0 Å². The van der Waals surface area contributed by atoms with Crippen molar-refractivity contribution in [3.05, 3.63) is 52.3 Å². The lowest BCUT2D eigenvalue weighted by Gasteiger charge is -2.31. The van der Waals surface area contributed by atoms with Crippen LogP contribution in [0.25, 0.3) is 0 Å². The van der Waals surface area contributed by atoms with Crippen molar-refractivity contribution in [1.82, 2.24) is 15.1 Å². The van der Waals surface area contributed by atoms with E-state index in [0.717, 1.165) is 17.9 Å². The second-order valence-corrected chi connectivity index (χ2v) is 7.92. The van der Waals surface area contributed by atoms with E-state index in [1.807, 2.05) is 5.32 Å². The number of halogens is 6. The molecule has 3 rings (SSSR count). The number of nitrogens with zero attached hydrogens (tertiary/aromatic N) is 2. The highest BCUT2D eigenvalue weighted by molar-refractivity contribution is 7.98. The summed E-state index contributed by atoms with van der Waals surface area (Å²) in [6, 6.07) is 2.32. The van der Waals surface area contributed by atoms with Crippen molar-refractivity contribution in [1.29, 1.82) is 0 Å². The summed E-state index contributed by atoms with van der Waals surface area (Å²) in [6.45, 7) is -1.36. The molecule has 0 bridgehead atoms. The summed E-state index contributed by atoms with van der Waals surface area (Å²) in [5, 5.41) is 16.5. The van der Waals surface area contributed by atoms with Gasteiger partial charge in [0.2, 0.25) is 5.60 Å².